The van der Waals surface area contributed by atoms with Crippen LogP contribution >= 0.6 is 31.9 Å². The van der Waals surface area contributed by atoms with Gasteiger partial charge in [-0.1, -0.05) is 76.2 Å². The number of anilines is 2. The van der Waals surface area contributed by atoms with Gasteiger partial charge in [-0.15, -0.1) is 0 Å². The zero-order valence-corrected chi connectivity index (χ0v) is 25.7. The lowest BCUT2D eigenvalue weighted by Gasteiger charge is -2.29. The maximum atomic E-state index is 12.9. The van der Waals surface area contributed by atoms with Gasteiger partial charge in [0.1, 0.15) is 0 Å². The first-order valence-electron chi connectivity index (χ1n) is 13.0. The highest BCUT2D eigenvalue weighted by atomic mass is 79.9. The van der Waals surface area contributed by atoms with E-state index in [1.165, 1.54) is 0 Å². The Hall–Kier alpha value is -3.22. The molecule has 0 bridgehead atoms. The van der Waals surface area contributed by atoms with Crippen LogP contribution in [0.1, 0.15) is 70.7 Å². The summed E-state index contributed by atoms with van der Waals surface area (Å²) in [5.74, 6) is -0.273. The van der Waals surface area contributed by atoms with Gasteiger partial charge in [-0.2, -0.15) is 0 Å². The molecule has 0 saturated carbocycles. The van der Waals surface area contributed by atoms with E-state index in [2.05, 4.69) is 94.5 Å². The Kier molecular flexibility index (Phi) is 9.08. The van der Waals surface area contributed by atoms with E-state index in [9.17, 15) is 9.59 Å². The molecule has 4 nitrogen and oxygen atoms in total. The van der Waals surface area contributed by atoms with Crippen molar-refractivity contribution in [2.24, 2.45) is 0 Å². The molecule has 0 aromatic heterocycles. The van der Waals surface area contributed by atoms with Crippen molar-refractivity contribution in [3.8, 4) is 0 Å². The SMILES string of the molecule is CCc1cc(C(C)(C)c2cc(Br)c(NC(=O)c3ccccc3)c(CC)c2)cc(Br)c1NC(=O)c1ccccc1. The monoisotopic (exact) mass is 646 g/mol. The van der Waals surface area contributed by atoms with Crippen LogP contribution in [0.15, 0.2) is 93.9 Å². The van der Waals surface area contributed by atoms with Gasteiger partial charge in [0.05, 0.1) is 11.4 Å². The first-order valence-corrected chi connectivity index (χ1v) is 14.6. The molecule has 0 heterocycles. The average Bonchev–Trinajstić information content (AvgIpc) is 2.95. The van der Waals surface area contributed by atoms with E-state index in [-0.39, 0.29) is 17.2 Å². The lowest BCUT2D eigenvalue weighted by atomic mass is 9.76. The van der Waals surface area contributed by atoms with Crippen molar-refractivity contribution >= 4 is 55.0 Å². The number of aryl methyl sites for hydroxylation is 2. The molecule has 0 aliphatic rings. The van der Waals surface area contributed by atoms with Gasteiger partial charge >= 0.3 is 0 Å². The predicted octanol–water partition coefficient (Wildman–Crippen LogP) is 9.17. The van der Waals surface area contributed by atoms with E-state index in [1.54, 1.807) is 24.3 Å². The number of carbonyl (C=O) groups is 2. The molecule has 6 heteroatoms. The summed E-state index contributed by atoms with van der Waals surface area (Å²) < 4.78 is 1.69. The molecular formula is C33H32Br2N2O2. The number of halogens is 2. The van der Waals surface area contributed by atoms with Gasteiger partial charge in [-0.05, 0) is 103 Å². The van der Waals surface area contributed by atoms with Crippen molar-refractivity contribution in [1.29, 1.82) is 0 Å². The van der Waals surface area contributed by atoms with Crippen molar-refractivity contribution in [1.82, 2.24) is 0 Å². The van der Waals surface area contributed by atoms with Gasteiger partial charge in [-0.25, -0.2) is 0 Å². The van der Waals surface area contributed by atoms with Crippen LogP contribution in [0.5, 0.6) is 0 Å². The van der Waals surface area contributed by atoms with Gasteiger partial charge in [0.25, 0.3) is 11.8 Å². The van der Waals surface area contributed by atoms with Gasteiger partial charge in [0.15, 0.2) is 0 Å². The van der Waals surface area contributed by atoms with Crippen molar-refractivity contribution in [2.45, 2.75) is 46.0 Å². The Morgan fingerprint density at radius 3 is 1.33 bits per heavy atom. The Morgan fingerprint density at radius 2 is 1.00 bits per heavy atom. The third kappa shape index (κ3) is 6.34. The molecule has 0 atom stereocenters. The first-order chi connectivity index (χ1) is 18.6. The zero-order chi connectivity index (χ0) is 28.2. The normalized spacial score (nSPS) is 11.2. The van der Waals surface area contributed by atoms with Crippen LogP contribution in [0, 0.1) is 0 Å². The highest BCUT2D eigenvalue weighted by Gasteiger charge is 2.27. The fraction of sp³-hybridized carbons (Fsp3) is 0.212. The van der Waals surface area contributed by atoms with Crippen molar-refractivity contribution in [2.75, 3.05) is 10.6 Å². The third-order valence-corrected chi connectivity index (χ3v) is 8.35. The van der Waals surface area contributed by atoms with E-state index in [1.807, 2.05) is 36.4 Å². The molecule has 0 fully saturated rings. The lowest BCUT2D eigenvalue weighted by molar-refractivity contribution is 0.101. The first kappa shape index (κ1) is 28.8. The molecule has 4 rings (SSSR count). The maximum Gasteiger partial charge on any atom is 0.255 e. The molecule has 0 saturated heterocycles. The summed E-state index contributed by atoms with van der Waals surface area (Å²) in [5.41, 5.74) is 6.83. The fourth-order valence-corrected chi connectivity index (χ4v) is 5.80. The number of hydrogen-bond acceptors (Lipinski definition) is 2. The highest BCUT2D eigenvalue weighted by molar-refractivity contribution is 9.11. The molecule has 2 amide bonds. The summed E-state index contributed by atoms with van der Waals surface area (Å²) in [6.07, 6.45) is 1.53. The molecule has 4 aromatic rings. The molecule has 2 N–H and O–H groups in total. The van der Waals surface area contributed by atoms with Crippen molar-refractivity contribution < 1.29 is 9.59 Å². The molecule has 200 valence electrons. The molecule has 0 unspecified atom stereocenters. The minimum absolute atomic E-state index is 0.136. The maximum absolute atomic E-state index is 12.9. The van der Waals surface area contributed by atoms with Crippen LogP contribution in [0.25, 0.3) is 0 Å². The number of hydrogen-bond donors (Lipinski definition) is 2. The second-order valence-electron chi connectivity index (χ2n) is 9.96. The lowest BCUT2D eigenvalue weighted by Crippen LogP contribution is -2.22. The summed E-state index contributed by atoms with van der Waals surface area (Å²) in [4.78, 5) is 25.8. The number of rotatable bonds is 8. The summed E-state index contributed by atoms with van der Waals surface area (Å²) in [6.45, 7) is 8.57. The largest absolute Gasteiger partial charge is 0.321 e. The highest BCUT2D eigenvalue weighted by Crippen LogP contribution is 2.41. The second kappa shape index (κ2) is 12.3. The molecular weight excluding hydrogens is 616 g/mol. The van der Waals surface area contributed by atoms with Gasteiger partial charge in [-0.3, -0.25) is 9.59 Å². The van der Waals surface area contributed by atoms with Crippen LogP contribution < -0.4 is 10.6 Å². The van der Waals surface area contributed by atoms with E-state index < -0.39 is 0 Å². The smallest absolute Gasteiger partial charge is 0.255 e. The average molecular weight is 648 g/mol. The van der Waals surface area contributed by atoms with E-state index in [4.69, 9.17) is 0 Å². The third-order valence-electron chi connectivity index (χ3n) is 7.10. The van der Waals surface area contributed by atoms with Crippen LogP contribution in [0.4, 0.5) is 11.4 Å². The van der Waals surface area contributed by atoms with Crippen LogP contribution in [-0.2, 0) is 18.3 Å². The second-order valence-corrected chi connectivity index (χ2v) is 11.7. The number of nitrogens with one attached hydrogen (secondary N) is 2. The summed E-state index contributed by atoms with van der Waals surface area (Å²) in [6, 6.07) is 27.0. The predicted molar refractivity (Wildman–Crippen MR) is 168 cm³/mol. The Balaban J connectivity index is 1.67. The molecule has 39 heavy (non-hydrogen) atoms. The fourth-order valence-electron chi connectivity index (χ4n) is 4.60. The quantitative estimate of drug-likeness (QED) is 0.200. The van der Waals surface area contributed by atoms with Crippen molar-refractivity contribution in [3.63, 3.8) is 0 Å². The van der Waals surface area contributed by atoms with Gasteiger partial charge in [0.2, 0.25) is 0 Å². The van der Waals surface area contributed by atoms with E-state index in [0.29, 0.717) is 11.1 Å². The van der Waals surface area contributed by atoms with Crippen molar-refractivity contribution in [3.05, 3.63) is 127 Å². The standard InChI is InChI=1S/C33H32Br2N2O2/c1-5-21-17-25(19-27(34)29(21)36-31(38)23-13-9-7-10-14-23)33(3,4)26-18-22(6-2)30(28(35)20-26)37-32(39)24-15-11-8-12-16-24/h7-20H,5-6H2,1-4H3,(H,36,38)(H,37,39). The van der Waals surface area contributed by atoms with E-state index in [0.717, 1.165) is 55.4 Å². The van der Waals surface area contributed by atoms with Gasteiger partial charge < -0.3 is 10.6 Å². The topological polar surface area (TPSA) is 58.2 Å². The summed E-state index contributed by atoms with van der Waals surface area (Å²) >= 11 is 7.47. The minimum Gasteiger partial charge on any atom is -0.321 e. The summed E-state index contributed by atoms with van der Waals surface area (Å²) in [5, 5.41) is 6.19. The molecule has 0 radical (unpaired) electrons. The van der Waals surface area contributed by atoms with Crippen LogP contribution in [-0.4, -0.2) is 11.8 Å². The van der Waals surface area contributed by atoms with Crippen LogP contribution in [0.2, 0.25) is 0 Å². The Labute approximate surface area is 247 Å². The molecule has 0 aliphatic heterocycles. The number of benzene rings is 4. The zero-order valence-electron chi connectivity index (χ0n) is 22.6. The minimum atomic E-state index is -0.344. The molecule has 4 aromatic carbocycles. The summed E-state index contributed by atoms with van der Waals surface area (Å²) in [7, 11) is 0. The van der Waals surface area contributed by atoms with Gasteiger partial charge in [0, 0.05) is 25.5 Å². The number of amides is 2. The Morgan fingerprint density at radius 1 is 0.641 bits per heavy atom. The molecule has 0 spiro atoms. The molecule has 0 aliphatic carbocycles. The van der Waals surface area contributed by atoms with Crippen LogP contribution in [0.3, 0.4) is 0 Å². The Bertz CT molecular complexity index is 1390. The van der Waals surface area contributed by atoms with E-state index >= 15 is 0 Å². The number of carbonyl (C=O) groups excluding carboxylic acids is 2.